The predicted molar refractivity (Wildman–Crippen MR) is 130 cm³/mol. The number of rotatable bonds is 4. The fourth-order valence-corrected chi connectivity index (χ4v) is 5.66. The highest BCUT2D eigenvalue weighted by Crippen LogP contribution is 2.52. The predicted octanol–water partition coefficient (Wildman–Crippen LogP) is 1.03. The van der Waals surface area contributed by atoms with Crippen LogP contribution < -0.4 is 10.5 Å². The summed E-state index contributed by atoms with van der Waals surface area (Å²) in [5, 5.41) is 44.1. The van der Waals surface area contributed by atoms with Gasteiger partial charge >= 0.3 is 0 Å². The fourth-order valence-electron chi connectivity index (χ4n) is 5.66. The monoisotopic (exact) mass is 527 g/mol. The number of hydrogen-bond donors (Lipinski definition) is 5. The maximum Gasteiger partial charge on any atom is 0.202 e. The van der Waals surface area contributed by atoms with Gasteiger partial charge in [0, 0.05) is 42.0 Å². The normalized spacial score (nSPS) is 30.3. The molecule has 11 heteroatoms. The molecule has 0 bridgehead atoms. The Balaban J connectivity index is 1.68. The number of aliphatic hydroxyl groups excluding tert-OH is 1. The lowest BCUT2D eigenvalue weighted by atomic mass is 9.72. The Bertz CT molecular complexity index is 1360. The Morgan fingerprint density at radius 3 is 2.45 bits per heavy atom. The lowest BCUT2D eigenvalue weighted by Crippen LogP contribution is -2.52. The first-order valence-corrected chi connectivity index (χ1v) is 12.2. The number of fused-ring (bicyclic) bond motifs is 3. The van der Waals surface area contributed by atoms with E-state index in [1.807, 2.05) is 0 Å². The van der Waals surface area contributed by atoms with E-state index < -0.39 is 82.6 Å². The maximum absolute atomic E-state index is 13.6. The Morgan fingerprint density at radius 2 is 1.82 bits per heavy atom. The fraction of sp³-hybridized carbons (Fsp3) is 0.444. The summed E-state index contributed by atoms with van der Waals surface area (Å²) < 4.78 is 17.1. The maximum atomic E-state index is 13.6. The summed E-state index contributed by atoms with van der Waals surface area (Å²) in [6.07, 6.45) is -4.53. The highest BCUT2D eigenvalue weighted by molar-refractivity contribution is 6.31. The van der Waals surface area contributed by atoms with Gasteiger partial charge in [-0.05, 0) is 19.9 Å². The molecule has 38 heavy (non-hydrogen) atoms. The zero-order chi connectivity index (χ0) is 27.7. The van der Waals surface area contributed by atoms with Gasteiger partial charge in [0.05, 0.1) is 42.1 Å². The summed E-state index contributed by atoms with van der Waals surface area (Å²) in [5.74, 6) is -3.18. The lowest BCUT2D eigenvalue weighted by molar-refractivity contribution is -0.247. The number of Topliss-reactive ketones (excluding diaryl/α,β-unsaturated/α-hetero) is 1. The minimum absolute atomic E-state index is 0.0147. The molecule has 2 aliphatic carbocycles. The van der Waals surface area contributed by atoms with Crippen LogP contribution in [-0.4, -0.2) is 75.0 Å². The first-order chi connectivity index (χ1) is 17.9. The summed E-state index contributed by atoms with van der Waals surface area (Å²) in [4.78, 5) is 39.6. The van der Waals surface area contributed by atoms with Crippen LogP contribution in [0.3, 0.4) is 0 Å². The standard InChI is InChI=1S/C27H29NO10/c1-10-22(30)14(28)7-17(37-10)38-16-9-27(35,11(2)29)8-13-19(16)26(34)21-20(24(13)32)23(31)12-5-4-6-15(36-3)18(12)25(21)33/h4-6,10,14,16-17,22,30,32,34-35H,7-9,28H2,1-3H3/t10-,14?,16-,17-,22?,27-/m0/s1. The van der Waals surface area contributed by atoms with Gasteiger partial charge in [-0.25, -0.2) is 0 Å². The average molecular weight is 528 g/mol. The van der Waals surface area contributed by atoms with E-state index in [1.165, 1.54) is 32.2 Å². The summed E-state index contributed by atoms with van der Waals surface area (Å²) in [5.41, 5.74) is 2.97. The molecule has 11 nitrogen and oxygen atoms in total. The molecular formula is C27H29NO10. The van der Waals surface area contributed by atoms with Gasteiger partial charge in [0.2, 0.25) is 5.78 Å². The van der Waals surface area contributed by atoms with Crippen LogP contribution in [0.15, 0.2) is 18.2 Å². The number of aromatic hydroxyl groups is 2. The molecule has 6 atom stereocenters. The van der Waals surface area contributed by atoms with E-state index in [0.29, 0.717) is 0 Å². The van der Waals surface area contributed by atoms with E-state index in [4.69, 9.17) is 19.9 Å². The van der Waals surface area contributed by atoms with Gasteiger partial charge in [-0.2, -0.15) is 0 Å². The van der Waals surface area contributed by atoms with Crippen LogP contribution in [0.25, 0.3) is 0 Å². The zero-order valence-electron chi connectivity index (χ0n) is 21.1. The van der Waals surface area contributed by atoms with Gasteiger partial charge in [0.25, 0.3) is 0 Å². The zero-order valence-corrected chi connectivity index (χ0v) is 21.1. The van der Waals surface area contributed by atoms with Crippen LogP contribution in [0.2, 0.25) is 0 Å². The highest BCUT2D eigenvalue weighted by atomic mass is 16.7. The number of carbonyl (C=O) groups is 3. The smallest absolute Gasteiger partial charge is 0.202 e. The molecule has 3 aliphatic rings. The Morgan fingerprint density at radius 1 is 1.13 bits per heavy atom. The number of benzene rings is 2. The van der Waals surface area contributed by atoms with Crippen molar-refractivity contribution in [2.75, 3.05) is 7.11 Å². The number of carbonyl (C=O) groups excluding carboxylic acids is 3. The average Bonchev–Trinajstić information content (AvgIpc) is 2.87. The first kappa shape index (κ1) is 26.3. The van der Waals surface area contributed by atoms with E-state index in [0.717, 1.165) is 0 Å². The van der Waals surface area contributed by atoms with E-state index >= 15 is 0 Å². The van der Waals surface area contributed by atoms with Crippen LogP contribution in [-0.2, 0) is 20.7 Å². The van der Waals surface area contributed by atoms with Crippen molar-refractivity contribution in [1.82, 2.24) is 0 Å². The number of aliphatic hydroxyl groups is 2. The number of hydrogen-bond acceptors (Lipinski definition) is 11. The van der Waals surface area contributed by atoms with Crippen molar-refractivity contribution in [3.05, 3.63) is 51.6 Å². The molecular weight excluding hydrogens is 498 g/mol. The summed E-state index contributed by atoms with van der Waals surface area (Å²) in [6.45, 7) is 2.79. The lowest BCUT2D eigenvalue weighted by Gasteiger charge is -2.42. The minimum Gasteiger partial charge on any atom is -0.507 e. The van der Waals surface area contributed by atoms with Crippen molar-refractivity contribution < 1.29 is 49.0 Å². The summed E-state index contributed by atoms with van der Waals surface area (Å²) in [6, 6.07) is 3.75. The van der Waals surface area contributed by atoms with Gasteiger partial charge in [0.15, 0.2) is 17.9 Å². The molecule has 2 aromatic rings. The van der Waals surface area contributed by atoms with E-state index in [9.17, 15) is 34.8 Å². The second-order valence-electron chi connectivity index (χ2n) is 10.1. The molecule has 1 fully saturated rings. The summed E-state index contributed by atoms with van der Waals surface area (Å²) in [7, 11) is 1.34. The largest absolute Gasteiger partial charge is 0.507 e. The van der Waals surface area contributed by atoms with Crippen LogP contribution in [0.4, 0.5) is 0 Å². The number of phenols is 2. The Labute approximate surface area is 217 Å². The third-order valence-corrected chi connectivity index (χ3v) is 7.80. The van der Waals surface area contributed by atoms with Gasteiger partial charge in [-0.3, -0.25) is 14.4 Å². The number of nitrogens with two attached hydrogens (primary N) is 1. The third kappa shape index (κ3) is 3.81. The molecule has 202 valence electrons. The van der Waals surface area contributed by atoms with E-state index in [1.54, 1.807) is 6.92 Å². The first-order valence-electron chi connectivity index (χ1n) is 12.2. The molecule has 1 heterocycles. The van der Waals surface area contributed by atoms with Gasteiger partial charge < -0.3 is 40.4 Å². The Hall–Kier alpha value is -3.35. The number of ketones is 3. The van der Waals surface area contributed by atoms with Crippen molar-refractivity contribution in [2.24, 2.45) is 5.73 Å². The molecule has 0 saturated carbocycles. The van der Waals surface area contributed by atoms with E-state index in [2.05, 4.69) is 0 Å². The van der Waals surface area contributed by atoms with Crippen molar-refractivity contribution in [3.8, 4) is 17.2 Å². The number of methoxy groups -OCH3 is 1. The second kappa shape index (κ2) is 9.14. The van der Waals surface area contributed by atoms with Crippen LogP contribution in [0.5, 0.6) is 17.2 Å². The molecule has 5 rings (SSSR count). The van der Waals surface area contributed by atoms with Crippen molar-refractivity contribution in [3.63, 3.8) is 0 Å². The molecule has 0 spiro atoms. The highest BCUT2D eigenvalue weighted by Gasteiger charge is 2.49. The van der Waals surface area contributed by atoms with Crippen LogP contribution in [0, 0.1) is 0 Å². The molecule has 6 N–H and O–H groups in total. The molecule has 1 saturated heterocycles. The number of phenolic OH excluding ortho intramolecular Hbond substituents is 2. The van der Waals surface area contributed by atoms with Gasteiger partial charge in [0.1, 0.15) is 22.8 Å². The summed E-state index contributed by atoms with van der Waals surface area (Å²) >= 11 is 0. The second-order valence-corrected chi connectivity index (χ2v) is 10.1. The quantitative estimate of drug-likeness (QED) is 0.305. The molecule has 0 aromatic heterocycles. The van der Waals surface area contributed by atoms with Gasteiger partial charge in [-0.1, -0.05) is 12.1 Å². The van der Waals surface area contributed by atoms with Crippen molar-refractivity contribution in [2.45, 2.75) is 69.4 Å². The minimum atomic E-state index is -2.00. The molecule has 0 radical (unpaired) electrons. The molecule has 0 amide bonds. The van der Waals surface area contributed by atoms with Gasteiger partial charge in [-0.15, -0.1) is 0 Å². The Kier molecular flexibility index (Phi) is 6.32. The number of ether oxygens (including phenoxy) is 3. The van der Waals surface area contributed by atoms with E-state index in [-0.39, 0.29) is 40.8 Å². The topological polar surface area (TPSA) is 186 Å². The van der Waals surface area contributed by atoms with Crippen LogP contribution >= 0.6 is 0 Å². The van der Waals surface area contributed by atoms with Crippen LogP contribution in [0.1, 0.15) is 75.8 Å². The van der Waals surface area contributed by atoms with Crippen molar-refractivity contribution >= 4 is 17.3 Å². The SMILES string of the molecule is COc1cccc2c1C(=O)c1c(O)c3c(c(O)c1C2=O)C[C@@](O)(C(C)=O)C[C@@H]3O[C@H]1CC(N)C(O)[C@H](C)O1. The van der Waals surface area contributed by atoms with Crippen molar-refractivity contribution in [1.29, 1.82) is 0 Å². The third-order valence-electron chi connectivity index (χ3n) is 7.80. The molecule has 2 unspecified atom stereocenters. The molecule has 1 aliphatic heterocycles. The molecule has 2 aromatic carbocycles.